The van der Waals surface area contributed by atoms with E-state index >= 15 is 0 Å². The van der Waals surface area contributed by atoms with Crippen molar-refractivity contribution < 1.29 is 0 Å². The highest BCUT2D eigenvalue weighted by Crippen LogP contribution is 2.24. The van der Waals surface area contributed by atoms with Gasteiger partial charge in [0.1, 0.15) is 0 Å². The molecule has 0 aliphatic rings. The summed E-state index contributed by atoms with van der Waals surface area (Å²) < 4.78 is 1.86. The van der Waals surface area contributed by atoms with Crippen molar-refractivity contribution in [3.05, 3.63) is 45.2 Å². The monoisotopic (exact) mass is 283 g/mol. The average molecular weight is 284 g/mol. The van der Waals surface area contributed by atoms with E-state index in [0.717, 1.165) is 22.6 Å². The van der Waals surface area contributed by atoms with Crippen LogP contribution in [-0.2, 0) is 13.6 Å². The molecule has 0 fully saturated rings. The molecule has 18 heavy (non-hydrogen) atoms. The van der Waals surface area contributed by atoms with Crippen LogP contribution in [-0.4, -0.2) is 9.78 Å². The highest BCUT2D eigenvalue weighted by molar-refractivity contribution is 6.35. The van der Waals surface area contributed by atoms with Crippen molar-refractivity contribution >= 4 is 28.9 Å². The number of anilines is 1. The zero-order chi connectivity index (χ0) is 13.3. The molecule has 3 nitrogen and oxygen atoms in total. The van der Waals surface area contributed by atoms with Gasteiger partial charge in [-0.2, -0.15) is 5.10 Å². The highest BCUT2D eigenvalue weighted by atomic mass is 35.5. The second-order valence-electron chi connectivity index (χ2n) is 4.26. The van der Waals surface area contributed by atoms with Crippen molar-refractivity contribution in [1.82, 2.24) is 9.78 Å². The van der Waals surface area contributed by atoms with Crippen LogP contribution in [0.1, 0.15) is 17.0 Å². The smallest absolute Gasteiger partial charge is 0.0827 e. The number of nitrogens with one attached hydrogen (secondary N) is 1. The van der Waals surface area contributed by atoms with Gasteiger partial charge in [0.2, 0.25) is 0 Å². The number of hydrogen-bond acceptors (Lipinski definition) is 2. The zero-order valence-electron chi connectivity index (χ0n) is 10.6. The molecule has 96 valence electrons. The maximum atomic E-state index is 6.14. The van der Waals surface area contributed by atoms with Gasteiger partial charge in [0.25, 0.3) is 0 Å². The van der Waals surface area contributed by atoms with E-state index in [4.69, 9.17) is 23.2 Å². The average Bonchev–Trinajstić information content (AvgIpc) is 2.53. The van der Waals surface area contributed by atoms with Crippen molar-refractivity contribution in [2.24, 2.45) is 7.05 Å². The summed E-state index contributed by atoms with van der Waals surface area (Å²) in [7, 11) is 1.93. The van der Waals surface area contributed by atoms with Crippen LogP contribution in [0.3, 0.4) is 0 Å². The van der Waals surface area contributed by atoms with Crippen LogP contribution < -0.4 is 5.32 Å². The van der Waals surface area contributed by atoms with E-state index in [9.17, 15) is 0 Å². The second-order valence-corrected chi connectivity index (χ2v) is 5.10. The van der Waals surface area contributed by atoms with Crippen molar-refractivity contribution in [1.29, 1.82) is 0 Å². The molecular weight excluding hydrogens is 269 g/mol. The molecule has 5 heteroatoms. The fourth-order valence-electron chi connectivity index (χ4n) is 1.88. The zero-order valence-corrected chi connectivity index (χ0v) is 12.1. The summed E-state index contributed by atoms with van der Waals surface area (Å²) in [5.41, 5.74) is 4.17. The molecule has 1 N–H and O–H groups in total. The third kappa shape index (κ3) is 2.62. The van der Waals surface area contributed by atoms with Gasteiger partial charge in [-0.05, 0) is 31.5 Å². The Labute approximate surface area is 117 Å². The number of benzene rings is 1. The first kappa shape index (κ1) is 13.2. The SMILES string of the molecule is Cc1nn(C)c(C)c1NCc1ccc(Cl)cc1Cl. The molecule has 1 heterocycles. The standard InChI is InChI=1S/C13H15Cl2N3/c1-8-13(9(2)18(3)17-8)16-7-10-4-5-11(14)6-12(10)15/h4-6,16H,7H2,1-3H3. The van der Waals surface area contributed by atoms with Gasteiger partial charge in [0.05, 0.1) is 17.1 Å². The number of halogens is 2. The molecule has 0 spiro atoms. The number of rotatable bonds is 3. The summed E-state index contributed by atoms with van der Waals surface area (Å²) in [5, 5.41) is 9.05. The van der Waals surface area contributed by atoms with Gasteiger partial charge >= 0.3 is 0 Å². The number of aryl methyl sites for hydroxylation is 2. The van der Waals surface area contributed by atoms with Crippen LogP contribution in [0.25, 0.3) is 0 Å². The summed E-state index contributed by atoms with van der Waals surface area (Å²) in [6.07, 6.45) is 0. The Bertz CT molecular complexity index is 576. The molecule has 0 atom stereocenters. The summed E-state index contributed by atoms with van der Waals surface area (Å²) in [6.45, 7) is 4.67. The molecule has 0 amide bonds. The molecule has 1 aromatic carbocycles. The maximum Gasteiger partial charge on any atom is 0.0827 e. The fraction of sp³-hybridized carbons (Fsp3) is 0.308. The van der Waals surface area contributed by atoms with E-state index in [2.05, 4.69) is 10.4 Å². The maximum absolute atomic E-state index is 6.14. The number of nitrogens with zero attached hydrogens (tertiary/aromatic N) is 2. The van der Waals surface area contributed by atoms with E-state index < -0.39 is 0 Å². The number of aromatic nitrogens is 2. The van der Waals surface area contributed by atoms with Gasteiger partial charge in [0.15, 0.2) is 0 Å². The number of hydrogen-bond donors (Lipinski definition) is 1. The predicted molar refractivity (Wildman–Crippen MR) is 76.5 cm³/mol. The van der Waals surface area contributed by atoms with Crippen LogP contribution in [0.4, 0.5) is 5.69 Å². The van der Waals surface area contributed by atoms with Gasteiger partial charge in [-0.15, -0.1) is 0 Å². The molecule has 0 aliphatic heterocycles. The lowest BCUT2D eigenvalue weighted by Gasteiger charge is -2.08. The Morgan fingerprint density at radius 2 is 2.00 bits per heavy atom. The van der Waals surface area contributed by atoms with Crippen LogP contribution in [0, 0.1) is 13.8 Å². The molecule has 0 radical (unpaired) electrons. The molecule has 0 bridgehead atoms. The van der Waals surface area contributed by atoms with Gasteiger partial charge in [-0.3, -0.25) is 4.68 Å². The summed E-state index contributed by atoms with van der Waals surface area (Å²) in [4.78, 5) is 0. The third-order valence-electron chi connectivity index (χ3n) is 2.98. The molecule has 0 saturated carbocycles. The summed E-state index contributed by atoms with van der Waals surface area (Å²) >= 11 is 12.0. The van der Waals surface area contributed by atoms with E-state index in [-0.39, 0.29) is 0 Å². The quantitative estimate of drug-likeness (QED) is 0.924. The van der Waals surface area contributed by atoms with E-state index in [1.165, 1.54) is 0 Å². The van der Waals surface area contributed by atoms with Crippen LogP contribution in [0.2, 0.25) is 10.0 Å². The lowest BCUT2D eigenvalue weighted by molar-refractivity contribution is 0.731. The molecule has 2 aromatic rings. The summed E-state index contributed by atoms with van der Waals surface area (Å²) in [5.74, 6) is 0. The highest BCUT2D eigenvalue weighted by Gasteiger charge is 2.09. The Hall–Kier alpha value is -1.19. The van der Waals surface area contributed by atoms with Crippen LogP contribution in [0.15, 0.2) is 18.2 Å². The van der Waals surface area contributed by atoms with Gasteiger partial charge in [-0.25, -0.2) is 0 Å². The summed E-state index contributed by atoms with van der Waals surface area (Å²) in [6, 6.07) is 5.52. The molecule has 2 rings (SSSR count). The molecule has 0 unspecified atom stereocenters. The minimum absolute atomic E-state index is 0.650. The predicted octanol–water partition coefficient (Wildman–Crippen LogP) is 3.96. The largest absolute Gasteiger partial charge is 0.378 e. The van der Waals surface area contributed by atoms with Gasteiger partial charge in [-0.1, -0.05) is 29.3 Å². The topological polar surface area (TPSA) is 29.9 Å². The van der Waals surface area contributed by atoms with Crippen molar-refractivity contribution in [3.63, 3.8) is 0 Å². The van der Waals surface area contributed by atoms with Crippen LogP contribution >= 0.6 is 23.2 Å². The molecule has 1 aromatic heterocycles. The minimum atomic E-state index is 0.650. The van der Waals surface area contributed by atoms with E-state index in [1.807, 2.05) is 37.7 Å². The normalized spacial score (nSPS) is 10.7. The Morgan fingerprint density at radius 3 is 2.56 bits per heavy atom. The van der Waals surface area contributed by atoms with E-state index in [0.29, 0.717) is 16.6 Å². The lowest BCUT2D eigenvalue weighted by atomic mass is 10.2. The van der Waals surface area contributed by atoms with Gasteiger partial charge in [0, 0.05) is 23.6 Å². The van der Waals surface area contributed by atoms with Crippen molar-refractivity contribution in [2.45, 2.75) is 20.4 Å². The van der Waals surface area contributed by atoms with Crippen molar-refractivity contribution in [2.75, 3.05) is 5.32 Å². The Kier molecular flexibility index (Phi) is 3.83. The molecule has 0 saturated heterocycles. The third-order valence-corrected chi connectivity index (χ3v) is 3.57. The first-order valence-electron chi connectivity index (χ1n) is 5.67. The molecule has 0 aliphatic carbocycles. The molecular formula is C13H15Cl2N3. The lowest BCUT2D eigenvalue weighted by Crippen LogP contribution is -2.02. The fourth-order valence-corrected chi connectivity index (χ4v) is 2.35. The van der Waals surface area contributed by atoms with E-state index in [1.54, 1.807) is 6.07 Å². The first-order valence-corrected chi connectivity index (χ1v) is 6.42. The minimum Gasteiger partial charge on any atom is -0.378 e. The second kappa shape index (κ2) is 5.21. The van der Waals surface area contributed by atoms with Gasteiger partial charge < -0.3 is 5.32 Å². The Balaban J connectivity index is 2.16. The Morgan fingerprint density at radius 1 is 1.28 bits per heavy atom. The van der Waals surface area contributed by atoms with Crippen molar-refractivity contribution in [3.8, 4) is 0 Å². The van der Waals surface area contributed by atoms with Crippen LogP contribution in [0.5, 0.6) is 0 Å². The first-order chi connectivity index (χ1) is 8.49.